The van der Waals surface area contributed by atoms with Crippen molar-refractivity contribution in [3.63, 3.8) is 0 Å². The molecule has 19 heavy (non-hydrogen) atoms. The van der Waals surface area contributed by atoms with E-state index in [1.54, 1.807) is 24.4 Å². The number of ether oxygens (including phenoxy) is 2. The SMILES string of the molecule is COC1(c2cccnc2)CN(C(=O)OC(C)(C)C)C1. The molecule has 1 aromatic rings. The molecule has 2 heterocycles. The smallest absolute Gasteiger partial charge is 0.410 e. The first kappa shape index (κ1) is 13.8. The first-order chi connectivity index (χ1) is 8.86. The van der Waals surface area contributed by atoms with E-state index in [-0.39, 0.29) is 6.09 Å². The van der Waals surface area contributed by atoms with Gasteiger partial charge in [-0.05, 0) is 26.8 Å². The van der Waals surface area contributed by atoms with Gasteiger partial charge in [-0.1, -0.05) is 6.07 Å². The summed E-state index contributed by atoms with van der Waals surface area (Å²) in [5, 5.41) is 0. The fourth-order valence-electron chi connectivity index (χ4n) is 2.09. The van der Waals surface area contributed by atoms with E-state index in [1.807, 2.05) is 32.9 Å². The maximum Gasteiger partial charge on any atom is 0.410 e. The van der Waals surface area contributed by atoms with E-state index in [0.717, 1.165) is 5.56 Å². The Morgan fingerprint density at radius 3 is 2.58 bits per heavy atom. The van der Waals surface area contributed by atoms with Gasteiger partial charge in [0.2, 0.25) is 0 Å². The Kier molecular flexibility index (Phi) is 3.49. The Hall–Kier alpha value is -1.62. The lowest BCUT2D eigenvalue weighted by atomic mass is 9.87. The predicted octanol–water partition coefficient (Wildman–Crippen LogP) is 2.17. The normalized spacial score (nSPS) is 17.8. The Morgan fingerprint density at radius 2 is 2.11 bits per heavy atom. The van der Waals surface area contributed by atoms with Gasteiger partial charge in [0.1, 0.15) is 11.2 Å². The van der Waals surface area contributed by atoms with Crippen LogP contribution in [-0.2, 0) is 15.1 Å². The van der Waals surface area contributed by atoms with Crippen molar-refractivity contribution >= 4 is 6.09 Å². The summed E-state index contributed by atoms with van der Waals surface area (Å²) in [7, 11) is 1.65. The Bertz CT molecular complexity index is 448. The molecule has 0 aliphatic carbocycles. The molecule has 1 amide bonds. The molecule has 0 spiro atoms. The molecule has 0 saturated carbocycles. The fourth-order valence-corrected chi connectivity index (χ4v) is 2.09. The van der Waals surface area contributed by atoms with Gasteiger partial charge in [0.05, 0.1) is 13.1 Å². The van der Waals surface area contributed by atoms with Gasteiger partial charge in [-0.15, -0.1) is 0 Å². The van der Waals surface area contributed by atoms with Crippen LogP contribution < -0.4 is 0 Å². The highest BCUT2D eigenvalue weighted by Crippen LogP contribution is 2.35. The maximum absolute atomic E-state index is 11.9. The molecule has 0 radical (unpaired) electrons. The van der Waals surface area contributed by atoms with Gasteiger partial charge < -0.3 is 14.4 Å². The summed E-state index contributed by atoms with van der Waals surface area (Å²) in [6.45, 7) is 6.55. The number of nitrogens with zero attached hydrogens (tertiary/aromatic N) is 2. The Labute approximate surface area is 113 Å². The van der Waals surface area contributed by atoms with Crippen LogP contribution in [0.15, 0.2) is 24.5 Å². The van der Waals surface area contributed by atoms with E-state index >= 15 is 0 Å². The van der Waals surface area contributed by atoms with Gasteiger partial charge in [-0.3, -0.25) is 4.98 Å². The molecule has 1 fully saturated rings. The van der Waals surface area contributed by atoms with Crippen LogP contribution >= 0.6 is 0 Å². The molecule has 5 heteroatoms. The topological polar surface area (TPSA) is 51.7 Å². The summed E-state index contributed by atoms with van der Waals surface area (Å²) in [6, 6.07) is 3.83. The zero-order valence-corrected chi connectivity index (χ0v) is 11.8. The van der Waals surface area contributed by atoms with E-state index in [4.69, 9.17) is 9.47 Å². The molecule has 5 nitrogen and oxygen atoms in total. The summed E-state index contributed by atoms with van der Waals surface area (Å²) in [6.07, 6.45) is 3.19. The predicted molar refractivity (Wildman–Crippen MR) is 70.7 cm³/mol. The van der Waals surface area contributed by atoms with Crippen LogP contribution in [0.1, 0.15) is 26.3 Å². The molecular formula is C14H20N2O3. The molecule has 0 unspecified atom stereocenters. The third kappa shape index (κ3) is 2.87. The number of hydrogen-bond acceptors (Lipinski definition) is 4. The summed E-state index contributed by atoms with van der Waals surface area (Å²) in [4.78, 5) is 17.6. The van der Waals surface area contributed by atoms with E-state index in [1.165, 1.54) is 0 Å². The number of carbonyl (C=O) groups excluding carboxylic acids is 1. The van der Waals surface area contributed by atoms with E-state index in [2.05, 4.69) is 4.98 Å². The highest BCUT2D eigenvalue weighted by molar-refractivity contribution is 5.70. The molecule has 2 rings (SSSR count). The summed E-state index contributed by atoms with van der Waals surface area (Å²) < 4.78 is 10.9. The van der Waals surface area contributed by atoms with Crippen LogP contribution in [0.5, 0.6) is 0 Å². The standard InChI is InChI=1S/C14H20N2O3/c1-13(2,3)19-12(17)16-9-14(10-16,18-4)11-6-5-7-15-8-11/h5-8H,9-10H2,1-4H3. The molecule has 0 bridgehead atoms. The van der Waals surface area contributed by atoms with E-state index in [0.29, 0.717) is 13.1 Å². The molecule has 1 aromatic heterocycles. The summed E-state index contributed by atoms with van der Waals surface area (Å²) in [5.41, 5.74) is 0.0549. The average Bonchev–Trinajstić information content (AvgIpc) is 2.27. The molecule has 104 valence electrons. The third-order valence-electron chi connectivity index (χ3n) is 3.12. The van der Waals surface area contributed by atoms with Crippen LogP contribution in [0.4, 0.5) is 4.79 Å². The zero-order chi connectivity index (χ0) is 14.1. The van der Waals surface area contributed by atoms with Gasteiger partial charge in [-0.25, -0.2) is 4.79 Å². The Balaban J connectivity index is 2.02. The van der Waals surface area contributed by atoms with Crippen molar-refractivity contribution < 1.29 is 14.3 Å². The summed E-state index contributed by atoms with van der Waals surface area (Å²) in [5.74, 6) is 0. The van der Waals surface area contributed by atoms with E-state index < -0.39 is 11.2 Å². The summed E-state index contributed by atoms with van der Waals surface area (Å²) >= 11 is 0. The average molecular weight is 264 g/mol. The molecular weight excluding hydrogens is 244 g/mol. The second-order valence-corrected chi connectivity index (χ2v) is 5.78. The van der Waals surface area contributed by atoms with Crippen LogP contribution in [0.2, 0.25) is 0 Å². The van der Waals surface area contributed by atoms with Crippen LogP contribution in [0.3, 0.4) is 0 Å². The minimum Gasteiger partial charge on any atom is -0.444 e. The van der Waals surface area contributed by atoms with Gasteiger partial charge in [-0.2, -0.15) is 0 Å². The van der Waals surface area contributed by atoms with Crippen LogP contribution in [0, 0.1) is 0 Å². The minimum absolute atomic E-state index is 0.302. The second-order valence-electron chi connectivity index (χ2n) is 5.78. The van der Waals surface area contributed by atoms with Crippen LogP contribution in [0.25, 0.3) is 0 Å². The van der Waals surface area contributed by atoms with Gasteiger partial charge in [0.15, 0.2) is 0 Å². The number of aromatic nitrogens is 1. The van der Waals surface area contributed by atoms with Crippen molar-refractivity contribution in [2.24, 2.45) is 0 Å². The first-order valence-corrected chi connectivity index (χ1v) is 6.30. The van der Waals surface area contributed by atoms with Crippen molar-refractivity contribution in [3.8, 4) is 0 Å². The fraction of sp³-hybridized carbons (Fsp3) is 0.571. The quantitative estimate of drug-likeness (QED) is 0.821. The lowest BCUT2D eigenvalue weighted by molar-refractivity contribution is -0.127. The first-order valence-electron chi connectivity index (χ1n) is 6.30. The molecule has 1 aliphatic heterocycles. The van der Waals surface area contributed by atoms with Gasteiger partial charge in [0.25, 0.3) is 0 Å². The molecule has 0 N–H and O–H groups in total. The highest BCUT2D eigenvalue weighted by Gasteiger charge is 2.48. The third-order valence-corrected chi connectivity index (χ3v) is 3.12. The number of likely N-dealkylation sites (tertiary alicyclic amines) is 1. The van der Waals surface area contributed by atoms with Gasteiger partial charge >= 0.3 is 6.09 Å². The molecule has 0 aromatic carbocycles. The number of pyridine rings is 1. The van der Waals surface area contributed by atoms with Crippen molar-refractivity contribution in [2.75, 3.05) is 20.2 Å². The molecule has 1 saturated heterocycles. The number of amides is 1. The van der Waals surface area contributed by atoms with E-state index in [9.17, 15) is 4.79 Å². The van der Waals surface area contributed by atoms with Crippen molar-refractivity contribution in [3.05, 3.63) is 30.1 Å². The lowest BCUT2D eigenvalue weighted by Gasteiger charge is -2.48. The molecule has 1 aliphatic rings. The number of carbonyl (C=O) groups is 1. The lowest BCUT2D eigenvalue weighted by Crippen LogP contribution is -2.62. The monoisotopic (exact) mass is 264 g/mol. The maximum atomic E-state index is 11.9. The number of methoxy groups -OCH3 is 1. The van der Waals surface area contributed by atoms with Crippen LogP contribution in [-0.4, -0.2) is 41.8 Å². The van der Waals surface area contributed by atoms with Crippen molar-refractivity contribution in [1.82, 2.24) is 9.88 Å². The number of rotatable bonds is 2. The van der Waals surface area contributed by atoms with Gasteiger partial charge in [0, 0.05) is 25.1 Å². The van der Waals surface area contributed by atoms with Crippen molar-refractivity contribution in [2.45, 2.75) is 32.0 Å². The highest BCUT2D eigenvalue weighted by atomic mass is 16.6. The molecule has 0 atom stereocenters. The number of hydrogen-bond donors (Lipinski definition) is 0. The van der Waals surface area contributed by atoms with Crippen molar-refractivity contribution in [1.29, 1.82) is 0 Å². The zero-order valence-electron chi connectivity index (χ0n) is 11.8. The second kappa shape index (κ2) is 4.81. The largest absolute Gasteiger partial charge is 0.444 e. The minimum atomic E-state index is -0.475. The Morgan fingerprint density at radius 1 is 1.42 bits per heavy atom.